The van der Waals surface area contributed by atoms with E-state index >= 15 is 0 Å². The Bertz CT molecular complexity index is 746. The largest absolute Gasteiger partial charge is 0.459 e. The number of amides is 3. The molecule has 1 aromatic heterocycles. The van der Waals surface area contributed by atoms with Gasteiger partial charge in [0.05, 0.1) is 6.26 Å². The van der Waals surface area contributed by atoms with Crippen LogP contribution in [-0.2, 0) is 16.1 Å². The van der Waals surface area contributed by atoms with Crippen molar-refractivity contribution in [2.24, 2.45) is 0 Å². The van der Waals surface area contributed by atoms with Crippen molar-refractivity contribution < 1.29 is 24.0 Å². The highest BCUT2D eigenvalue weighted by molar-refractivity contribution is 5.95. The number of hydrogen-bond donors (Lipinski definition) is 4. The maximum Gasteiger partial charge on any atom is 0.287 e. The van der Waals surface area contributed by atoms with Gasteiger partial charge in [-0.3, -0.25) is 19.6 Å². The van der Waals surface area contributed by atoms with Crippen LogP contribution >= 0.6 is 0 Å². The molecule has 8 nitrogen and oxygen atoms in total. The molecule has 0 unspecified atom stereocenters. The first-order valence-electron chi connectivity index (χ1n) is 9.19. The molecule has 1 atom stereocenters. The summed E-state index contributed by atoms with van der Waals surface area (Å²) in [6.45, 7) is 0.365. The third kappa shape index (κ3) is 7.24. The Morgan fingerprint density at radius 2 is 1.79 bits per heavy atom. The fourth-order valence-electron chi connectivity index (χ4n) is 2.68. The maximum absolute atomic E-state index is 12.6. The zero-order chi connectivity index (χ0) is 20.2. The van der Waals surface area contributed by atoms with E-state index < -0.39 is 17.9 Å². The first-order valence-corrected chi connectivity index (χ1v) is 9.19. The molecule has 8 heteroatoms. The van der Waals surface area contributed by atoms with Crippen LogP contribution in [0, 0.1) is 0 Å². The molecule has 3 amide bonds. The number of rotatable bonds is 11. The van der Waals surface area contributed by atoms with Gasteiger partial charge in [-0.15, -0.1) is 0 Å². The summed E-state index contributed by atoms with van der Waals surface area (Å²) in [5.41, 5.74) is 2.55. The van der Waals surface area contributed by atoms with Crippen molar-refractivity contribution in [1.29, 1.82) is 0 Å². The Morgan fingerprint density at radius 1 is 1.00 bits per heavy atom. The molecule has 0 radical (unpaired) electrons. The minimum absolute atomic E-state index is 0.139. The topological polar surface area (TPSA) is 121 Å². The summed E-state index contributed by atoms with van der Waals surface area (Å²) in [4.78, 5) is 35.9. The fraction of sp³-hybridized carbons (Fsp3) is 0.350. The van der Waals surface area contributed by atoms with Gasteiger partial charge >= 0.3 is 0 Å². The minimum atomic E-state index is -0.715. The van der Waals surface area contributed by atoms with E-state index in [1.54, 1.807) is 11.5 Å². The molecular formula is C20H25N3O5. The SMILES string of the molecule is O=C(CCCCC[C@H](NC(=O)c1ccco1)C(=O)NCc1ccccc1)NO. The molecule has 0 spiro atoms. The van der Waals surface area contributed by atoms with E-state index in [4.69, 9.17) is 9.62 Å². The summed E-state index contributed by atoms with van der Waals surface area (Å²) in [6.07, 6.45) is 3.93. The molecule has 0 aliphatic rings. The van der Waals surface area contributed by atoms with Crippen LogP contribution in [0.15, 0.2) is 53.1 Å². The summed E-state index contributed by atoms with van der Waals surface area (Å²) < 4.78 is 5.08. The molecule has 0 fully saturated rings. The Kier molecular flexibility index (Phi) is 8.74. The van der Waals surface area contributed by atoms with Crippen molar-refractivity contribution in [1.82, 2.24) is 16.1 Å². The van der Waals surface area contributed by atoms with Crippen LogP contribution in [0.2, 0.25) is 0 Å². The second kappa shape index (κ2) is 11.6. The van der Waals surface area contributed by atoms with Gasteiger partial charge in [0.1, 0.15) is 6.04 Å². The predicted molar refractivity (Wildman–Crippen MR) is 101 cm³/mol. The van der Waals surface area contributed by atoms with Gasteiger partial charge in [-0.05, 0) is 30.5 Å². The Morgan fingerprint density at radius 3 is 2.46 bits per heavy atom. The number of nitrogens with one attached hydrogen (secondary N) is 3. The number of hydrogen-bond acceptors (Lipinski definition) is 5. The number of carbonyl (C=O) groups is 3. The molecule has 2 rings (SSSR count). The minimum Gasteiger partial charge on any atom is -0.459 e. The molecular weight excluding hydrogens is 362 g/mol. The van der Waals surface area contributed by atoms with Crippen LogP contribution in [0.5, 0.6) is 0 Å². The Labute approximate surface area is 163 Å². The van der Waals surface area contributed by atoms with Crippen LogP contribution in [0.3, 0.4) is 0 Å². The van der Waals surface area contributed by atoms with Crippen molar-refractivity contribution in [2.45, 2.75) is 44.7 Å². The molecule has 1 aromatic carbocycles. The summed E-state index contributed by atoms with van der Waals surface area (Å²) in [5, 5.41) is 14.0. The smallest absolute Gasteiger partial charge is 0.287 e. The molecule has 2 aromatic rings. The monoisotopic (exact) mass is 387 g/mol. The van der Waals surface area contributed by atoms with Crippen LogP contribution in [-0.4, -0.2) is 29.0 Å². The maximum atomic E-state index is 12.6. The van der Waals surface area contributed by atoms with Gasteiger partial charge in [0.15, 0.2) is 5.76 Å². The number of unbranched alkanes of at least 4 members (excludes halogenated alkanes) is 2. The van der Waals surface area contributed by atoms with Crippen molar-refractivity contribution in [3.05, 3.63) is 60.1 Å². The van der Waals surface area contributed by atoms with E-state index in [0.29, 0.717) is 32.2 Å². The highest BCUT2D eigenvalue weighted by atomic mass is 16.5. The summed E-state index contributed by atoms with van der Waals surface area (Å²) in [7, 11) is 0. The van der Waals surface area contributed by atoms with Gasteiger partial charge in [-0.25, -0.2) is 5.48 Å². The third-order valence-corrected chi connectivity index (χ3v) is 4.20. The fourth-order valence-corrected chi connectivity index (χ4v) is 2.68. The summed E-state index contributed by atoms with van der Waals surface area (Å²) in [5.74, 6) is -1.04. The predicted octanol–water partition coefficient (Wildman–Crippen LogP) is 2.15. The lowest BCUT2D eigenvalue weighted by Gasteiger charge is -2.18. The van der Waals surface area contributed by atoms with E-state index in [1.165, 1.54) is 12.3 Å². The molecule has 0 aliphatic carbocycles. The number of furan rings is 1. The lowest BCUT2D eigenvalue weighted by atomic mass is 10.1. The van der Waals surface area contributed by atoms with Gasteiger partial charge in [0.2, 0.25) is 11.8 Å². The van der Waals surface area contributed by atoms with E-state index in [0.717, 1.165) is 5.56 Å². The van der Waals surface area contributed by atoms with Gasteiger partial charge in [0, 0.05) is 13.0 Å². The van der Waals surface area contributed by atoms with Crippen LogP contribution in [0.1, 0.15) is 48.2 Å². The second-order valence-electron chi connectivity index (χ2n) is 6.34. The standard InChI is InChI=1S/C20H25N3O5/c24-18(23-27)12-6-2-5-10-16(22-20(26)17-11-7-13-28-17)19(25)21-14-15-8-3-1-4-9-15/h1,3-4,7-9,11,13,16,27H,2,5-6,10,12,14H2,(H,21,25)(H,22,26)(H,23,24)/t16-/m0/s1. The Hall–Kier alpha value is -3.13. The highest BCUT2D eigenvalue weighted by Gasteiger charge is 2.22. The van der Waals surface area contributed by atoms with E-state index in [-0.39, 0.29) is 18.1 Å². The van der Waals surface area contributed by atoms with Gasteiger partial charge in [-0.2, -0.15) is 0 Å². The first kappa shape index (κ1) is 21.2. The van der Waals surface area contributed by atoms with Crippen molar-refractivity contribution in [3.63, 3.8) is 0 Å². The zero-order valence-corrected chi connectivity index (χ0v) is 15.5. The highest BCUT2D eigenvalue weighted by Crippen LogP contribution is 2.09. The van der Waals surface area contributed by atoms with Crippen LogP contribution < -0.4 is 16.1 Å². The van der Waals surface area contributed by atoms with E-state index in [1.807, 2.05) is 30.3 Å². The zero-order valence-electron chi connectivity index (χ0n) is 15.5. The molecule has 0 saturated carbocycles. The lowest BCUT2D eigenvalue weighted by Crippen LogP contribution is -2.46. The summed E-state index contributed by atoms with van der Waals surface area (Å²) >= 11 is 0. The van der Waals surface area contributed by atoms with E-state index in [9.17, 15) is 14.4 Å². The van der Waals surface area contributed by atoms with Crippen molar-refractivity contribution in [3.8, 4) is 0 Å². The second-order valence-corrected chi connectivity index (χ2v) is 6.34. The number of benzene rings is 1. The molecule has 1 heterocycles. The average molecular weight is 387 g/mol. The number of carbonyl (C=O) groups excluding carboxylic acids is 3. The van der Waals surface area contributed by atoms with Crippen molar-refractivity contribution >= 4 is 17.7 Å². The van der Waals surface area contributed by atoms with Crippen LogP contribution in [0.25, 0.3) is 0 Å². The summed E-state index contributed by atoms with van der Waals surface area (Å²) in [6, 6.07) is 11.9. The molecule has 0 bridgehead atoms. The lowest BCUT2D eigenvalue weighted by molar-refractivity contribution is -0.129. The quantitative estimate of drug-likeness (QED) is 0.267. The van der Waals surface area contributed by atoms with E-state index in [2.05, 4.69) is 10.6 Å². The normalized spacial score (nSPS) is 11.5. The number of hydroxylamine groups is 1. The van der Waals surface area contributed by atoms with Gasteiger partial charge in [0.25, 0.3) is 5.91 Å². The Balaban J connectivity index is 1.87. The van der Waals surface area contributed by atoms with Gasteiger partial charge < -0.3 is 15.1 Å². The molecule has 4 N–H and O–H groups in total. The first-order chi connectivity index (χ1) is 13.6. The van der Waals surface area contributed by atoms with Gasteiger partial charge in [-0.1, -0.05) is 43.2 Å². The molecule has 28 heavy (non-hydrogen) atoms. The third-order valence-electron chi connectivity index (χ3n) is 4.20. The van der Waals surface area contributed by atoms with Crippen LogP contribution in [0.4, 0.5) is 0 Å². The molecule has 150 valence electrons. The average Bonchev–Trinajstić information content (AvgIpc) is 3.26. The van der Waals surface area contributed by atoms with Crippen molar-refractivity contribution in [2.75, 3.05) is 0 Å². The molecule has 0 aliphatic heterocycles. The molecule has 0 saturated heterocycles.